The van der Waals surface area contributed by atoms with Gasteiger partial charge in [0, 0.05) is 12.5 Å². The Hall–Kier alpha value is -1.46. The van der Waals surface area contributed by atoms with E-state index >= 15 is 0 Å². The first-order chi connectivity index (χ1) is 10.8. The topological polar surface area (TPSA) is 61.7 Å². The van der Waals surface area contributed by atoms with E-state index < -0.39 is 5.75 Å². The summed E-state index contributed by atoms with van der Waals surface area (Å²) in [6, 6.07) is 8.81. The summed E-state index contributed by atoms with van der Waals surface area (Å²) in [6.45, 7) is 1.37. The molecular formula is C15H10Cl4N2O2. The van der Waals surface area contributed by atoms with Crippen LogP contribution in [0, 0.1) is 0 Å². The second-order valence-corrected chi connectivity index (χ2v) is 5.99. The average Bonchev–Trinajstić information content (AvgIpc) is 2.55. The third kappa shape index (κ3) is 3.72. The molecule has 0 spiro atoms. The van der Waals surface area contributed by atoms with Gasteiger partial charge in [-0.15, -0.1) is 0 Å². The smallest absolute Gasteiger partial charge is 0.180 e. The largest absolute Gasteiger partial charge is 0.504 e. The van der Waals surface area contributed by atoms with Crippen molar-refractivity contribution in [2.24, 2.45) is 5.10 Å². The van der Waals surface area contributed by atoms with E-state index in [1.807, 2.05) is 6.07 Å². The molecule has 0 heterocycles. The van der Waals surface area contributed by atoms with Crippen LogP contribution in [0.1, 0.15) is 12.5 Å². The van der Waals surface area contributed by atoms with Gasteiger partial charge in [0.25, 0.3) is 0 Å². The molecule has 0 saturated heterocycles. The number of benzene rings is 2. The molecule has 0 aliphatic carbocycles. The Morgan fingerprint density at radius 2 is 1.57 bits per heavy atom. The van der Waals surface area contributed by atoms with Crippen molar-refractivity contribution in [2.75, 3.05) is 5.43 Å². The number of halogens is 4. The molecule has 0 radical (unpaired) electrons. The molecule has 2 aromatic carbocycles. The standard InChI is InChI=1S/C15H10Cl4N2O2/c1-7(22)13(8-5-3-2-4-6-8)20-21-14-11(18)9(16)10(17)12(19)15(14)23/h2-6,21,23H,1H3/b20-13-. The summed E-state index contributed by atoms with van der Waals surface area (Å²) in [7, 11) is 0. The lowest BCUT2D eigenvalue weighted by Crippen LogP contribution is -2.14. The number of phenols is 1. The van der Waals surface area contributed by atoms with E-state index in [2.05, 4.69) is 10.5 Å². The van der Waals surface area contributed by atoms with Crippen molar-refractivity contribution in [2.45, 2.75) is 6.92 Å². The van der Waals surface area contributed by atoms with E-state index in [0.29, 0.717) is 5.56 Å². The van der Waals surface area contributed by atoms with Crippen LogP contribution in [0.3, 0.4) is 0 Å². The first-order valence-corrected chi connectivity index (χ1v) is 7.80. The second-order valence-electron chi connectivity index (χ2n) is 4.47. The number of Topliss-reactive ketones (excluding diaryl/α,β-unsaturated/α-hetero) is 1. The van der Waals surface area contributed by atoms with Gasteiger partial charge >= 0.3 is 0 Å². The van der Waals surface area contributed by atoms with Crippen LogP contribution in [-0.4, -0.2) is 16.6 Å². The van der Waals surface area contributed by atoms with E-state index in [9.17, 15) is 9.90 Å². The lowest BCUT2D eigenvalue weighted by molar-refractivity contribution is -0.111. The Morgan fingerprint density at radius 3 is 2.13 bits per heavy atom. The lowest BCUT2D eigenvalue weighted by atomic mass is 10.1. The van der Waals surface area contributed by atoms with Crippen LogP contribution in [0.4, 0.5) is 5.69 Å². The Kier molecular flexibility index (Phi) is 5.76. The molecule has 2 aromatic rings. The number of nitrogens with one attached hydrogen (secondary N) is 1. The Balaban J connectivity index is 2.48. The highest BCUT2D eigenvalue weighted by Crippen LogP contribution is 2.48. The lowest BCUT2D eigenvalue weighted by Gasteiger charge is -2.12. The third-order valence-electron chi connectivity index (χ3n) is 2.90. The van der Waals surface area contributed by atoms with E-state index in [1.165, 1.54) is 6.92 Å². The molecule has 0 aliphatic heterocycles. The summed E-state index contributed by atoms with van der Waals surface area (Å²) in [5.41, 5.74) is 3.25. The summed E-state index contributed by atoms with van der Waals surface area (Å²) >= 11 is 23.7. The zero-order chi connectivity index (χ0) is 17.1. The summed E-state index contributed by atoms with van der Waals surface area (Å²) in [5, 5.41) is 13.7. The fraction of sp³-hybridized carbons (Fsp3) is 0.0667. The highest BCUT2D eigenvalue weighted by Gasteiger charge is 2.20. The summed E-state index contributed by atoms with van der Waals surface area (Å²) < 4.78 is 0. The van der Waals surface area contributed by atoms with Crippen molar-refractivity contribution in [3.63, 3.8) is 0 Å². The van der Waals surface area contributed by atoms with Gasteiger partial charge in [-0.25, -0.2) is 0 Å². The number of nitrogens with zero attached hydrogens (tertiary/aromatic N) is 1. The number of rotatable bonds is 4. The van der Waals surface area contributed by atoms with Crippen LogP contribution >= 0.6 is 46.4 Å². The van der Waals surface area contributed by atoms with E-state index in [0.717, 1.165) is 0 Å². The van der Waals surface area contributed by atoms with E-state index in [1.54, 1.807) is 24.3 Å². The van der Waals surface area contributed by atoms with Crippen LogP contribution in [0.25, 0.3) is 0 Å². The fourth-order valence-electron chi connectivity index (χ4n) is 1.78. The van der Waals surface area contributed by atoms with Gasteiger partial charge in [0.1, 0.15) is 16.4 Å². The van der Waals surface area contributed by atoms with Crippen molar-refractivity contribution in [3.05, 3.63) is 56.0 Å². The molecule has 120 valence electrons. The van der Waals surface area contributed by atoms with E-state index in [-0.39, 0.29) is 37.3 Å². The normalized spacial score (nSPS) is 11.4. The van der Waals surface area contributed by atoms with Crippen molar-refractivity contribution in [1.29, 1.82) is 0 Å². The summed E-state index contributed by atoms with van der Waals surface area (Å²) in [4.78, 5) is 11.8. The number of hydrogen-bond donors (Lipinski definition) is 2. The quantitative estimate of drug-likeness (QED) is 0.241. The minimum absolute atomic E-state index is 0.0297. The second kappa shape index (κ2) is 7.41. The predicted octanol–water partition coefficient (Wildman–Crippen LogP) is 5.41. The molecule has 23 heavy (non-hydrogen) atoms. The van der Waals surface area contributed by atoms with Gasteiger partial charge < -0.3 is 5.11 Å². The molecule has 0 aromatic heterocycles. The molecule has 0 atom stereocenters. The minimum Gasteiger partial charge on any atom is -0.504 e. The fourth-order valence-corrected chi connectivity index (χ4v) is 2.66. The molecule has 0 fully saturated rings. The van der Waals surface area contributed by atoms with Gasteiger partial charge in [-0.3, -0.25) is 10.2 Å². The zero-order valence-electron chi connectivity index (χ0n) is 11.7. The number of ketones is 1. The SMILES string of the molecule is CC(=O)/C(=N/Nc1c(O)c(Cl)c(Cl)c(Cl)c1Cl)c1ccccc1. The van der Waals surface area contributed by atoms with Crippen molar-refractivity contribution in [3.8, 4) is 5.75 Å². The van der Waals surface area contributed by atoms with Crippen molar-refractivity contribution < 1.29 is 9.90 Å². The van der Waals surface area contributed by atoms with Crippen molar-refractivity contribution in [1.82, 2.24) is 0 Å². The van der Waals surface area contributed by atoms with Gasteiger partial charge in [0.15, 0.2) is 11.5 Å². The van der Waals surface area contributed by atoms with Gasteiger partial charge in [-0.2, -0.15) is 5.10 Å². The number of aromatic hydroxyl groups is 1. The summed E-state index contributed by atoms with van der Waals surface area (Å²) in [5.74, 6) is -0.684. The van der Waals surface area contributed by atoms with Crippen LogP contribution in [0.15, 0.2) is 35.4 Å². The maximum absolute atomic E-state index is 11.8. The van der Waals surface area contributed by atoms with E-state index in [4.69, 9.17) is 46.4 Å². The molecule has 2 N–H and O–H groups in total. The maximum atomic E-state index is 11.8. The molecule has 8 heteroatoms. The molecular weight excluding hydrogens is 382 g/mol. The number of carbonyl (C=O) groups is 1. The first kappa shape index (κ1) is 17.9. The third-order valence-corrected chi connectivity index (χ3v) is 4.69. The maximum Gasteiger partial charge on any atom is 0.180 e. The number of hydrazone groups is 1. The molecule has 0 aliphatic rings. The Morgan fingerprint density at radius 1 is 1.00 bits per heavy atom. The molecule has 0 amide bonds. The van der Waals surface area contributed by atoms with Gasteiger partial charge in [-0.1, -0.05) is 76.7 Å². The first-order valence-electron chi connectivity index (χ1n) is 6.29. The van der Waals surface area contributed by atoms with Crippen molar-refractivity contribution >= 4 is 63.6 Å². The molecule has 0 bridgehead atoms. The molecule has 4 nitrogen and oxygen atoms in total. The Labute approximate surface area is 152 Å². The number of carbonyl (C=O) groups excluding carboxylic acids is 1. The van der Waals surface area contributed by atoms with Gasteiger partial charge in [-0.05, 0) is 0 Å². The van der Waals surface area contributed by atoms with Crippen LogP contribution in [0.5, 0.6) is 5.75 Å². The van der Waals surface area contributed by atoms with Gasteiger partial charge in [0.05, 0.1) is 15.1 Å². The number of hydrogen-bond acceptors (Lipinski definition) is 4. The van der Waals surface area contributed by atoms with Crippen LogP contribution in [0.2, 0.25) is 20.1 Å². The summed E-state index contributed by atoms with van der Waals surface area (Å²) in [6.07, 6.45) is 0. The molecule has 0 unspecified atom stereocenters. The number of phenolic OH excluding ortho intramolecular Hbond substituents is 1. The van der Waals surface area contributed by atoms with Crippen LogP contribution in [-0.2, 0) is 4.79 Å². The highest BCUT2D eigenvalue weighted by atomic mass is 35.5. The molecule has 0 saturated carbocycles. The highest BCUT2D eigenvalue weighted by molar-refractivity contribution is 6.53. The number of anilines is 1. The Bertz CT molecular complexity index is 763. The van der Waals surface area contributed by atoms with Crippen LogP contribution < -0.4 is 5.43 Å². The van der Waals surface area contributed by atoms with Gasteiger partial charge in [0.2, 0.25) is 0 Å². The monoisotopic (exact) mass is 390 g/mol. The average molecular weight is 392 g/mol. The minimum atomic E-state index is -0.411. The zero-order valence-corrected chi connectivity index (χ0v) is 14.7. The predicted molar refractivity (Wildman–Crippen MR) is 95.4 cm³/mol. The molecule has 2 rings (SSSR count).